The first-order valence-corrected chi connectivity index (χ1v) is 3.95. The van der Waals surface area contributed by atoms with Crippen molar-refractivity contribution in [1.29, 1.82) is 0 Å². The monoisotopic (exact) mass is 174 g/mol. The molecule has 13 heavy (non-hydrogen) atoms. The Labute approximate surface area is 77.2 Å². The van der Waals surface area contributed by atoms with E-state index in [0.717, 1.165) is 0 Å². The van der Waals surface area contributed by atoms with E-state index >= 15 is 0 Å². The second-order valence-corrected chi connectivity index (χ2v) is 2.64. The lowest BCUT2D eigenvalue weighted by Gasteiger charge is -2.01. The fraction of sp³-hybridized carbons (Fsp3) is 0.182. The van der Waals surface area contributed by atoms with Crippen molar-refractivity contribution < 1.29 is 9.90 Å². The highest BCUT2D eigenvalue weighted by Crippen LogP contribution is 2.09. The zero-order chi connectivity index (χ0) is 9.68. The molecule has 0 saturated carbocycles. The largest absolute Gasteiger partial charge is 0.376 e. The van der Waals surface area contributed by atoms with E-state index in [0.29, 0.717) is 5.56 Å². The van der Waals surface area contributed by atoms with Gasteiger partial charge in [0.15, 0.2) is 0 Å². The van der Waals surface area contributed by atoms with Crippen LogP contribution in [-0.2, 0) is 4.79 Å². The molecule has 0 saturated heterocycles. The van der Waals surface area contributed by atoms with Gasteiger partial charge in [-0.2, -0.15) is 0 Å². The Kier molecular flexibility index (Phi) is 3.24. The Balaban J connectivity index is 2.77. The van der Waals surface area contributed by atoms with Crippen LogP contribution in [-0.4, -0.2) is 10.9 Å². The summed E-state index contributed by atoms with van der Waals surface area (Å²) in [5.74, 6) is 4.52. The summed E-state index contributed by atoms with van der Waals surface area (Å²) in [6, 6.07) is 9.01. The molecule has 1 rings (SSSR count). The molecular formula is C11H10O2. The van der Waals surface area contributed by atoms with Gasteiger partial charge in [0, 0.05) is 6.92 Å². The molecule has 1 atom stereocenters. The van der Waals surface area contributed by atoms with Gasteiger partial charge in [0.25, 0.3) is 0 Å². The highest BCUT2D eigenvalue weighted by molar-refractivity contribution is 5.93. The van der Waals surface area contributed by atoms with E-state index in [1.54, 1.807) is 12.1 Å². The molecule has 2 heteroatoms. The van der Waals surface area contributed by atoms with Crippen LogP contribution in [0.1, 0.15) is 18.6 Å². The van der Waals surface area contributed by atoms with Crippen LogP contribution in [0.2, 0.25) is 0 Å². The third-order valence-corrected chi connectivity index (χ3v) is 1.50. The number of ketones is 1. The Bertz CT molecular complexity index is 343. The van der Waals surface area contributed by atoms with Crippen molar-refractivity contribution in [3.63, 3.8) is 0 Å². The van der Waals surface area contributed by atoms with Crippen molar-refractivity contribution in [2.45, 2.75) is 13.0 Å². The van der Waals surface area contributed by atoms with Crippen LogP contribution < -0.4 is 0 Å². The van der Waals surface area contributed by atoms with Gasteiger partial charge in [-0.1, -0.05) is 36.3 Å². The van der Waals surface area contributed by atoms with Gasteiger partial charge in [0.2, 0.25) is 5.78 Å². The molecule has 66 valence electrons. The van der Waals surface area contributed by atoms with Gasteiger partial charge in [-0.15, -0.1) is 0 Å². The Morgan fingerprint density at radius 2 is 2.00 bits per heavy atom. The zero-order valence-corrected chi connectivity index (χ0v) is 7.32. The number of Topliss-reactive ketones (excluding diaryl/α,β-unsaturated/α-hetero) is 1. The Hall–Kier alpha value is -1.59. The average molecular weight is 174 g/mol. The number of hydrogen-bond acceptors (Lipinski definition) is 2. The summed E-state index contributed by atoms with van der Waals surface area (Å²) in [7, 11) is 0. The van der Waals surface area contributed by atoms with Crippen LogP contribution in [0.15, 0.2) is 30.3 Å². The number of hydrogen-bond donors (Lipinski definition) is 1. The molecule has 1 aromatic rings. The molecule has 0 aliphatic heterocycles. The first-order valence-electron chi connectivity index (χ1n) is 3.95. The fourth-order valence-corrected chi connectivity index (χ4v) is 0.889. The molecule has 1 unspecified atom stereocenters. The fourth-order valence-electron chi connectivity index (χ4n) is 0.889. The average Bonchev–Trinajstić information content (AvgIpc) is 2.15. The summed E-state index contributed by atoms with van der Waals surface area (Å²) in [6.07, 6.45) is -0.870. The molecule has 0 aliphatic carbocycles. The summed E-state index contributed by atoms with van der Waals surface area (Å²) in [5, 5.41) is 9.44. The number of rotatable bonds is 1. The first-order chi connectivity index (χ1) is 6.20. The maximum Gasteiger partial charge on any atom is 0.202 e. The lowest BCUT2D eigenvalue weighted by molar-refractivity contribution is -0.111. The number of aliphatic hydroxyl groups excluding tert-OH is 1. The summed E-state index contributed by atoms with van der Waals surface area (Å²) >= 11 is 0. The summed E-state index contributed by atoms with van der Waals surface area (Å²) in [5.41, 5.74) is 0.705. The van der Waals surface area contributed by atoms with Gasteiger partial charge in [-0.25, -0.2) is 0 Å². The third-order valence-electron chi connectivity index (χ3n) is 1.50. The van der Waals surface area contributed by atoms with E-state index in [-0.39, 0.29) is 5.78 Å². The molecule has 1 N–H and O–H groups in total. The Morgan fingerprint density at radius 3 is 2.54 bits per heavy atom. The molecule has 0 radical (unpaired) electrons. The van der Waals surface area contributed by atoms with Crippen molar-refractivity contribution in [2.75, 3.05) is 0 Å². The maximum atomic E-state index is 10.5. The normalized spacial score (nSPS) is 11.2. The summed E-state index contributed by atoms with van der Waals surface area (Å²) in [4.78, 5) is 10.5. The van der Waals surface area contributed by atoms with Crippen molar-refractivity contribution in [3.8, 4) is 11.8 Å². The number of benzene rings is 1. The zero-order valence-electron chi connectivity index (χ0n) is 7.32. The number of carbonyl (C=O) groups is 1. The second kappa shape index (κ2) is 4.44. The van der Waals surface area contributed by atoms with Crippen LogP contribution in [0, 0.1) is 11.8 Å². The van der Waals surface area contributed by atoms with E-state index in [4.69, 9.17) is 0 Å². The van der Waals surface area contributed by atoms with Crippen LogP contribution >= 0.6 is 0 Å². The van der Waals surface area contributed by atoms with E-state index in [9.17, 15) is 9.90 Å². The SMILES string of the molecule is CC(=O)C#CC(O)c1ccccc1. The minimum atomic E-state index is -0.870. The number of carbonyl (C=O) groups excluding carboxylic acids is 1. The maximum absolute atomic E-state index is 10.5. The molecule has 0 amide bonds. The van der Waals surface area contributed by atoms with E-state index in [1.165, 1.54) is 6.92 Å². The first kappa shape index (κ1) is 9.50. The van der Waals surface area contributed by atoms with Crippen LogP contribution in [0.5, 0.6) is 0 Å². The molecule has 0 bridgehead atoms. The molecule has 0 fully saturated rings. The molecule has 0 spiro atoms. The predicted molar refractivity (Wildman–Crippen MR) is 49.9 cm³/mol. The van der Waals surface area contributed by atoms with Crippen molar-refractivity contribution in [2.24, 2.45) is 0 Å². The molecular weight excluding hydrogens is 164 g/mol. The third kappa shape index (κ3) is 3.10. The molecule has 0 heterocycles. The summed E-state index contributed by atoms with van der Waals surface area (Å²) in [6.45, 7) is 1.37. The highest BCUT2D eigenvalue weighted by atomic mass is 16.3. The van der Waals surface area contributed by atoms with Crippen molar-refractivity contribution in [1.82, 2.24) is 0 Å². The van der Waals surface area contributed by atoms with Crippen LogP contribution in [0.25, 0.3) is 0 Å². The lowest BCUT2D eigenvalue weighted by atomic mass is 10.1. The molecule has 0 aromatic heterocycles. The van der Waals surface area contributed by atoms with Gasteiger partial charge < -0.3 is 5.11 Å². The van der Waals surface area contributed by atoms with E-state index in [2.05, 4.69) is 11.8 Å². The van der Waals surface area contributed by atoms with E-state index < -0.39 is 6.10 Å². The standard InChI is InChI=1S/C11H10O2/c1-9(12)7-8-11(13)10-5-3-2-4-6-10/h2-6,11,13H,1H3. The van der Waals surface area contributed by atoms with Crippen molar-refractivity contribution in [3.05, 3.63) is 35.9 Å². The van der Waals surface area contributed by atoms with Gasteiger partial charge in [0.05, 0.1) is 0 Å². The quantitative estimate of drug-likeness (QED) is 0.515. The van der Waals surface area contributed by atoms with Crippen LogP contribution in [0.4, 0.5) is 0 Å². The van der Waals surface area contributed by atoms with Gasteiger partial charge in [0.1, 0.15) is 6.10 Å². The van der Waals surface area contributed by atoms with Crippen LogP contribution in [0.3, 0.4) is 0 Å². The summed E-state index contributed by atoms with van der Waals surface area (Å²) < 4.78 is 0. The lowest BCUT2D eigenvalue weighted by Crippen LogP contribution is -1.93. The smallest absolute Gasteiger partial charge is 0.202 e. The topological polar surface area (TPSA) is 37.3 Å². The molecule has 1 aromatic carbocycles. The van der Waals surface area contributed by atoms with Gasteiger partial charge in [-0.05, 0) is 11.5 Å². The Morgan fingerprint density at radius 1 is 1.38 bits per heavy atom. The van der Waals surface area contributed by atoms with Gasteiger partial charge >= 0.3 is 0 Å². The minimum Gasteiger partial charge on any atom is -0.376 e. The molecule has 2 nitrogen and oxygen atoms in total. The van der Waals surface area contributed by atoms with E-state index in [1.807, 2.05) is 18.2 Å². The van der Waals surface area contributed by atoms with Gasteiger partial charge in [-0.3, -0.25) is 4.79 Å². The minimum absolute atomic E-state index is 0.241. The van der Waals surface area contributed by atoms with Crippen molar-refractivity contribution >= 4 is 5.78 Å². The molecule has 0 aliphatic rings. The number of aliphatic hydroxyl groups is 1. The highest BCUT2D eigenvalue weighted by Gasteiger charge is 2.00. The second-order valence-electron chi connectivity index (χ2n) is 2.64. The predicted octanol–water partition coefficient (Wildman–Crippen LogP) is 1.31.